The summed E-state index contributed by atoms with van der Waals surface area (Å²) in [6.45, 7) is 0. The van der Waals surface area contributed by atoms with Crippen molar-refractivity contribution in [2.75, 3.05) is 0 Å². The highest BCUT2D eigenvalue weighted by atomic mass is 16.3. The highest BCUT2D eigenvalue weighted by Crippen LogP contribution is 2.37. The van der Waals surface area contributed by atoms with Crippen molar-refractivity contribution in [1.82, 2.24) is 9.55 Å². The normalized spacial score (nSPS) is 11.5. The molecule has 4 heteroatoms. The van der Waals surface area contributed by atoms with Gasteiger partial charge in [-0.25, -0.2) is 4.98 Å². The summed E-state index contributed by atoms with van der Waals surface area (Å²) in [5.41, 5.74) is 3.41. The highest BCUT2D eigenvalue weighted by Gasteiger charge is 2.19. The standard InChI is InChI=1S/C27H18N2O2/c1-29-26-22-13-7-5-11-20(22)19-10-4-6-12-21(19)25(26)28-27(29)24-15-14-23(31-24)18-9-3-2-8-17(18)16-30/h2-16H,1H3. The SMILES string of the molecule is Cn1c(-c2ccc(-c3ccccc3C=O)o2)nc2c3ccccc3c3ccccc3c21. The third-order valence-electron chi connectivity index (χ3n) is 5.93. The molecule has 0 saturated heterocycles. The minimum absolute atomic E-state index is 0.602. The predicted octanol–water partition coefficient (Wildman–Crippen LogP) is 6.62. The lowest BCUT2D eigenvalue weighted by Gasteiger charge is -2.07. The monoisotopic (exact) mass is 402 g/mol. The average molecular weight is 402 g/mol. The molecular weight excluding hydrogens is 384 g/mol. The topological polar surface area (TPSA) is 48.0 Å². The first kappa shape index (κ1) is 17.7. The van der Waals surface area contributed by atoms with Crippen molar-refractivity contribution in [3.63, 3.8) is 0 Å². The minimum atomic E-state index is 0.602. The van der Waals surface area contributed by atoms with E-state index in [9.17, 15) is 4.79 Å². The van der Waals surface area contributed by atoms with E-state index in [4.69, 9.17) is 9.40 Å². The second kappa shape index (κ2) is 6.67. The summed E-state index contributed by atoms with van der Waals surface area (Å²) in [6.07, 6.45) is 0.852. The van der Waals surface area contributed by atoms with Gasteiger partial charge in [0.15, 0.2) is 17.9 Å². The van der Waals surface area contributed by atoms with Gasteiger partial charge in [-0.05, 0) is 22.9 Å². The molecule has 0 N–H and O–H groups in total. The lowest BCUT2D eigenvalue weighted by Crippen LogP contribution is -1.92. The minimum Gasteiger partial charge on any atom is -0.453 e. The smallest absolute Gasteiger partial charge is 0.177 e. The number of furan rings is 1. The number of imidazole rings is 1. The van der Waals surface area contributed by atoms with Crippen LogP contribution in [-0.4, -0.2) is 15.8 Å². The molecule has 0 spiro atoms. The molecule has 148 valence electrons. The number of rotatable bonds is 3. The number of aryl methyl sites for hydroxylation is 1. The van der Waals surface area contributed by atoms with Crippen LogP contribution in [0.5, 0.6) is 0 Å². The van der Waals surface area contributed by atoms with Crippen molar-refractivity contribution in [1.29, 1.82) is 0 Å². The third kappa shape index (κ3) is 2.55. The Morgan fingerprint density at radius 1 is 0.742 bits per heavy atom. The zero-order valence-electron chi connectivity index (χ0n) is 16.9. The number of hydrogen-bond donors (Lipinski definition) is 0. The van der Waals surface area contributed by atoms with Crippen LogP contribution in [0.2, 0.25) is 0 Å². The maximum atomic E-state index is 11.4. The van der Waals surface area contributed by atoms with Crippen LogP contribution >= 0.6 is 0 Å². The van der Waals surface area contributed by atoms with Crippen LogP contribution in [0.3, 0.4) is 0 Å². The average Bonchev–Trinajstić information content (AvgIpc) is 3.44. The van der Waals surface area contributed by atoms with Crippen LogP contribution in [-0.2, 0) is 7.05 Å². The lowest BCUT2D eigenvalue weighted by molar-refractivity contribution is 0.112. The second-order valence-electron chi connectivity index (χ2n) is 7.65. The molecule has 0 radical (unpaired) electrons. The fraction of sp³-hybridized carbons (Fsp3) is 0.0370. The van der Waals surface area contributed by atoms with Crippen molar-refractivity contribution >= 4 is 38.9 Å². The molecule has 0 atom stereocenters. The largest absolute Gasteiger partial charge is 0.453 e. The fourth-order valence-corrected chi connectivity index (χ4v) is 4.49. The summed E-state index contributed by atoms with van der Waals surface area (Å²) in [5.74, 6) is 2.08. The van der Waals surface area contributed by atoms with Crippen LogP contribution in [0.25, 0.3) is 55.5 Å². The number of hydrogen-bond acceptors (Lipinski definition) is 3. The van der Waals surface area contributed by atoms with E-state index in [0.29, 0.717) is 17.1 Å². The number of nitrogens with zero attached hydrogens (tertiary/aromatic N) is 2. The third-order valence-corrected chi connectivity index (χ3v) is 5.93. The van der Waals surface area contributed by atoms with E-state index < -0.39 is 0 Å². The molecule has 0 aliphatic carbocycles. The molecule has 2 heterocycles. The van der Waals surface area contributed by atoms with Crippen molar-refractivity contribution in [3.05, 3.63) is 90.5 Å². The summed E-state index contributed by atoms with van der Waals surface area (Å²) in [5, 5.41) is 4.68. The molecule has 0 aliphatic rings. The van der Waals surface area contributed by atoms with Gasteiger partial charge in [0.25, 0.3) is 0 Å². The Hall–Kier alpha value is -4.18. The van der Waals surface area contributed by atoms with Crippen LogP contribution in [0.1, 0.15) is 10.4 Å². The van der Waals surface area contributed by atoms with Gasteiger partial charge in [-0.3, -0.25) is 4.79 Å². The Morgan fingerprint density at radius 3 is 2.13 bits per heavy atom. The predicted molar refractivity (Wildman–Crippen MR) is 124 cm³/mol. The van der Waals surface area contributed by atoms with Crippen LogP contribution in [0, 0.1) is 0 Å². The number of fused-ring (bicyclic) bond motifs is 6. The maximum absolute atomic E-state index is 11.4. The lowest BCUT2D eigenvalue weighted by atomic mass is 10.00. The molecule has 0 unspecified atom stereocenters. The Labute approximate surface area is 178 Å². The molecule has 4 nitrogen and oxygen atoms in total. The molecule has 6 aromatic rings. The number of carbonyl (C=O) groups excluding carboxylic acids is 1. The molecule has 0 fully saturated rings. The Bertz CT molecular complexity index is 1620. The van der Waals surface area contributed by atoms with E-state index in [2.05, 4.69) is 47.0 Å². The van der Waals surface area contributed by atoms with Gasteiger partial charge in [0, 0.05) is 28.9 Å². The Kier molecular flexibility index (Phi) is 3.80. The highest BCUT2D eigenvalue weighted by molar-refractivity contribution is 6.23. The van der Waals surface area contributed by atoms with Gasteiger partial charge in [-0.2, -0.15) is 0 Å². The zero-order chi connectivity index (χ0) is 20.9. The summed E-state index contributed by atoms with van der Waals surface area (Å²) < 4.78 is 8.29. The van der Waals surface area contributed by atoms with E-state index in [1.165, 1.54) is 10.8 Å². The number of benzene rings is 4. The van der Waals surface area contributed by atoms with Gasteiger partial charge in [0.1, 0.15) is 5.76 Å². The molecular formula is C27H18N2O2. The fourth-order valence-electron chi connectivity index (χ4n) is 4.49. The summed E-state index contributed by atoms with van der Waals surface area (Å²) in [4.78, 5) is 16.4. The Morgan fingerprint density at radius 2 is 1.35 bits per heavy atom. The molecule has 0 amide bonds. The molecule has 0 bridgehead atoms. The summed E-state index contributed by atoms with van der Waals surface area (Å²) in [6, 6.07) is 28.1. The molecule has 4 aromatic carbocycles. The van der Waals surface area contributed by atoms with E-state index in [1.807, 2.05) is 43.4 Å². The van der Waals surface area contributed by atoms with Gasteiger partial charge in [0.2, 0.25) is 0 Å². The van der Waals surface area contributed by atoms with Crippen LogP contribution < -0.4 is 0 Å². The number of aldehydes is 1. The summed E-state index contributed by atoms with van der Waals surface area (Å²) in [7, 11) is 2.02. The van der Waals surface area contributed by atoms with Crippen molar-refractivity contribution in [2.45, 2.75) is 0 Å². The van der Waals surface area contributed by atoms with Crippen molar-refractivity contribution < 1.29 is 9.21 Å². The van der Waals surface area contributed by atoms with Crippen LogP contribution in [0.4, 0.5) is 0 Å². The van der Waals surface area contributed by atoms with Gasteiger partial charge in [-0.15, -0.1) is 0 Å². The molecule has 0 saturated carbocycles. The number of carbonyl (C=O) groups is 1. The quantitative estimate of drug-likeness (QED) is 0.247. The van der Waals surface area contributed by atoms with Crippen LogP contribution in [0.15, 0.2) is 89.3 Å². The van der Waals surface area contributed by atoms with E-state index in [1.54, 1.807) is 6.07 Å². The second-order valence-corrected chi connectivity index (χ2v) is 7.65. The molecule has 0 aliphatic heterocycles. The first-order valence-electron chi connectivity index (χ1n) is 10.2. The molecule has 6 rings (SSSR count). The van der Waals surface area contributed by atoms with E-state index in [-0.39, 0.29) is 0 Å². The van der Waals surface area contributed by atoms with Crippen molar-refractivity contribution in [2.24, 2.45) is 7.05 Å². The Balaban J connectivity index is 1.63. The zero-order valence-corrected chi connectivity index (χ0v) is 16.9. The summed E-state index contributed by atoms with van der Waals surface area (Å²) >= 11 is 0. The van der Waals surface area contributed by atoms with Gasteiger partial charge >= 0.3 is 0 Å². The number of aromatic nitrogens is 2. The maximum Gasteiger partial charge on any atom is 0.177 e. The van der Waals surface area contributed by atoms with E-state index in [0.717, 1.165) is 39.5 Å². The molecule has 2 aromatic heterocycles. The van der Waals surface area contributed by atoms with E-state index >= 15 is 0 Å². The van der Waals surface area contributed by atoms with Crippen molar-refractivity contribution in [3.8, 4) is 22.9 Å². The van der Waals surface area contributed by atoms with Gasteiger partial charge in [0.05, 0.1) is 11.0 Å². The van der Waals surface area contributed by atoms with Gasteiger partial charge < -0.3 is 8.98 Å². The van der Waals surface area contributed by atoms with Gasteiger partial charge in [-0.1, -0.05) is 72.8 Å². The molecule has 31 heavy (non-hydrogen) atoms. The first-order valence-corrected chi connectivity index (χ1v) is 10.2. The first-order chi connectivity index (χ1) is 15.3.